The normalized spacial score (nSPS) is 14.7. The van der Waals surface area contributed by atoms with Gasteiger partial charge in [-0.25, -0.2) is 4.79 Å². The number of rotatable bonds is 4. The highest BCUT2D eigenvalue weighted by atomic mass is 79.9. The van der Waals surface area contributed by atoms with Gasteiger partial charge in [-0.3, -0.25) is 0 Å². The van der Waals surface area contributed by atoms with E-state index in [1.54, 1.807) is 19.3 Å². The Balaban J connectivity index is 1.59. The third kappa shape index (κ3) is 3.78. The summed E-state index contributed by atoms with van der Waals surface area (Å²) in [6, 6.07) is 23.8. The van der Waals surface area contributed by atoms with Crippen molar-refractivity contribution in [2.45, 2.75) is 0 Å². The van der Waals surface area contributed by atoms with Gasteiger partial charge in [0.15, 0.2) is 0 Å². The van der Waals surface area contributed by atoms with E-state index in [4.69, 9.17) is 9.47 Å². The number of benzene rings is 3. The second-order valence-corrected chi connectivity index (χ2v) is 7.19. The average Bonchev–Trinajstić information content (AvgIpc) is 3.09. The average molecular weight is 433 g/mol. The SMILES string of the molecule is COc1ccc(/C=C2/C=C(c3ccc(-c4ccccc4)cc3)OC2=O)cc1Br. The minimum absolute atomic E-state index is 0.353. The van der Waals surface area contributed by atoms with E-state index in [1.165, 1.54) is 0 Å². The fourth-order valence-corrected chi connectivity index (χ4v) is 3.60. The number of cyclic esters (lactones) is 1. The van der Waals surface area contributed by atoms with Crippen LogP contribution in [0, 0.1) is 0 Å². The van der Waals surface area contributed by atoms with E-state index >= 15 is 0 Å². The van der Waals surface area contributed by atoms with Crippen molar-refractivity contribution in [1.82, 2.24) is 0 Å². The number of hydrogen-bond donors (Lipinski definition) is 0. The fraction of sp³-hybridized carbons (Fsp3) is 0.0417. The molecule has 0 aliphatic carbocycles. The molecule has 0 fully saturated rings. The Morgan fingerprint density at radius 1 is 0.893 bits per heavy atom. The minimum atomic E-state index is -0.353. The summed E-state index contributed by atoms with van der Waals surface area (Å²) < 4.78 is 11.5. The highest BCUT2D eigenvalue weighted by Crippen LogP contribution is 2.31. The summed E-state index contributed by atoms with van der Waals surface area (Å²) in [6.45, 7) is 0. The Hall–Kier alpha value is -3.11. The predicted molar refractivity (Wildman–Crippen MR) is 115 cm³/mol. The van der Waals surface area contributed by atoms with Crippen LogP contribution in [-0.4, -0.2) is 13.1 Å². The van der Waals surface area contributed by atoms with E-state index in [2.05, 4.69) is 28.1 Å². The van der Waals surface area contributed by atoms with E-state index in [0.29, 0.717) is 11.3 Å². The van der Waals surface area contributed by atoms with Crippen LogP contribution < -0.4 is 4.74 Å². The van der Waals surface area contributed by atoms with Crippen LogP contribution in [0.15, 0.2) is 88.9 Å². The predicted octanol–water partition coefficient (Wildman–Crippen LogP) is 6.11. The maximum atomic E-state index is 12.3. The molecule has 28 heavy (non-hydrogen) atoms. The number of esters is 1. The largest absolute Gasteiger partial charge is 0.496 e. The molecule has 0 amide bonds. The van der Waals surface area contributed by atoms with Gasteiger partial charge >= 0.3 is 5.97 Å². The van der Waals surface area contributed by atoms with Crippen molar-refractivity contribution in [3.63, 3.8) is 0 Å². The summed E-state index contributed by atoms with van der Waals surface area (Å²) in [5, 5.41) is 0. The second kappa shape index (κ2) is 7.87. The first-order valence-corrected chi connectivity index (χ1v) is 9.58. The van der Waals surface area contributed by atoms with Crippen molar-refractivity contribution >= 4 is 33.7 Å². The molecule has 4 heteroatoms. The number of methoxy groups -OCH3 is 1. The lowest BCUT2D eigenvalue weighted by atomic mass is 10.0. The first-order chi connectivity index (χ1) is 13.6. The van der Waals surface area contributed by atoms with E-state index < -0.39 is 0 Å². The van der Waals surface area contributed by atoms with Crippen LogP contribution in [0.1, 0.15) is 11.1 Å². The van der Waals surface area contributed by atoms with Gasteiger partial charge in [-0.05, 0) is 56.9 Å². The standard InChI is InChI=1S/C24H17BrO3/c1-27-22-12-7-16(14-21(22)25)13-20-15-23(28-24(20)26)19-10-8-18(9-11-19)17-5-3-2-4-6-17/h2-15H,1H3/b20-13-. The van der Waals surface area contributed by atoms with Crippen molar-refractivity contribution in [2.24, 2.45) is 0 Å². The zero-order chi connectivity index (χ0) is 19.5. The Morgan fingerprint density at radius 3 is 2.25 bits per heavy atom. The molecule has 4 rings (SSSR count). The number of carbonyl (C=O) groups is 1. The van der Waals surface area contributed by atoms with Crippen molar-refractivity contribution in [3.05, 3.63) is 100 Å². The topological polar surface area (TPSA) is 35.5 Å². The molecule has 138 valence electrons. The molecular formula is C24H17BrO3. The Morgan fingerprint density at radius 2 is 1.57 bits per heavy atom. The summed E-state index contributed by atoms with van der Waals surface area (Å²) in [5.74, 6) is 0.948. The summed E-state index contributed by atoms with van der Waals surface area (Å²) in [6.07, 6.45) is 3.58. The summed E-state index contributed by atoms with van der Waals surface area (Å²) in [5.41, 5.74) is 4.54. The third-order valence-electron chi connectivity index (χ3n) is 4.50. The van der Waals surface area contributed by atoms with Gasteiger partial charge in [0.05, 0.1) is 17.2 Å². The van der Waals surface area contributed by atoms with Crippen LogP contribution in [0.5, 0.6) is 5.75 Å². The van der Waals surface area contributed by atoms with Crippen LogP contribution >= 0.6 is 15.9 Å². The number of halogens is 1. The fourth-order valence-electron chi connectivity index (χ4n) is 3.04. The van der Waals surface area contributed by atoms with Gasteiger partial charge in [0, 0.05) is 5.56 Å². The number of ether oxygens (including phenoxy) is 2. The number of hydrogen-bond acceptors (Lipinski definition) is 3. The maximum Gasteiger partial charge on any atom is 0.343 e. The van der Waals surface area contributed by atoms with Gasteiger partial charge in [-0.15, -0.1) is 0 Å². The van der Waals surface area contributed by atoms with Gasteiger partial charge in [-0.2, -0.15) is 0 Å². The molecule has 3 nitrogen and oxygen atoms in total. The summed E-state index contributed by atoms with van der Waals surface area (Å²) >= 11 is 3.46. The number of carbonyl (C=O) groups excluding carboxylic acids is 1. The van der Waals surface area contributed by atoms with Gasteiger partial charge in [0.25, 0.3) is 0 Å². The van der Waals surface area contributed by atoms with Gasteiger partial charge in [0.2, 0.25) is 0 Å². The van der Waals surface area contributed by atoms with Gasteiger partial charge in [-0.1, -0.05) is 60.7 Å². The molecular weight excluding hydrogens is 416 g/mol. The van der Waals surface area contributed by atoms with Crippen molar-refractivity contribution < 1.29 is 14.3 Å². The molecule has 0 radical (unpaired) electrons. The summed E-state index contributed by atoms with van der Waals surface area (Å²) in [7, 11) is 1.62. The van der Waals surface area contributed by atoms with Gasteiger partial charge < -0.3 is 9.47 Å². The zero-order valence-electron chi connectivity index (χ0n) is 15.2. The monoisotopic (exact) mass is 432 g/mol. The molecule has 1 aliphatic heterocycles. The molecule has 0 saturated heterocycles. The molecule has 0 N–H and O–H groups in total. The molecule has 0 aromatic heterocycles. The minimum Gasteiger partial charge on any atom is -0.496 e. The zero-order valence-corrected chi connectivity index (χ0v) is 16.8. The van der Waals surface area contributed by atoms with Gasteiger partial charge in [0.1, 0.15) is 11.5 Å². The Labute approximate surface area is 172 Å². The van der Waals surface area contributed by atoms with E-state index in [9.17, 15) is 4.79 Å². The highest BCUT2D eigenvalue weighted by molar-refractivity contribution is 9.10. The molecule has 3 aromatic rings. The van der Waals surface area contributed by atoms with Crippen molar-refractivity contribution in [3.8, 4) is 16.9 Å². The quantitative estimate of drug-likeness (QED) is 0.368. The first kappa shape index (κ1) is 18.3. The Kier molecular flexibility index (Phi) is 5.13. The molecule has 0 unspecified atom stereocenters. The first-order valence-electron chi connectivity index (χ1n) is 8.79. The van der Waals surface area contributed by atoms with Crippen LogP contribution in [0.3, 0.4) is 0 Å². The molecule has 0 spiro atoms. The van der Waals surface area contributed by atoms with Crippen LogP contribution in [0.4, 0.5) is 0 Å². The van der Waals surface area contributed by atoms with E-state index in [0.717, 1.165) is 32.5 Å². The molecule has 1 heterocycles. The lowest BCUT2D eigenvalue weighted by Gasteiger charge is -2.05. The molecule has 0 saturated carbocycles. The summed E-state index contributed by atoms with van der Waals surface area (Å²) in [4.78, 5) is 12.3. The molecule has 1 aliphatic rings. The van der Waals surface area contributed by atoms with Crippen LogP contribution in [-0.2, 0) is 9.53 Å². The van der Waals surface area contributed by atoms with Crippen LogP contribution in [0.25, 0.3) is 23.0 Å². The highest BCUT2D eigenvalue weighted by Gasteiger charge is 2.22. The Bertz CT molecular complexity index is 1080. The maximum absolute atomic E-state index is 12.3. The van der Waals surface area contributed by atoms with Crippen LogP contribution in [0.2, 0.25) is 0 Å². The second-order valence-electron chi connectivity index (χ2n) is 6.34. The van der Waals surface area contributed by atoms with E-state index in [1.807, 2.05) is 60.7 Å². The van der Waals surface area contributed by atoms with Crippen molar-refractivity contribution in [2.75, 3.05) is 7.11 Å². The molecule has 3 aromatic carbocycles. The third-order valence-corrected chi connectivity index (χ3v) is 5.12. The lowest BCUT2D eigenvalue weighted by molar-refractivity contribution is -0.130. The lowest BCUT2D eigenvalue weighted by Crippen LogP contribution is -1.97. The van der Waals surface area contributed by atoms with E-state index in [-0.39, 0.29) is 5.97 Å². The molecule has 0 bridgehead atoms. The smallest absolute Gasteiger partial charge is 0.343 e. The molecule has 0 atom stereocenters. The van der Waals surface area contributed by atoms with Crippen molar-refractivity contribution in [1.29, 1.82) is 0 Å².